The lowest BCUT2D eigenvalue weighted by Crippen LogP contribution is -2.48. The van der Waals surface area contributed by atoms with Crippen LogP contribution in [0.3, 0.4) is 0 Å². The zero-order valence-electron chi connectivity index (χ0n) is 22.0. The molecule has 1 amide bonds. The average Bonchev–Trinajstić information content (AvgIpc) is 2.99. The molecule has 1 N–H and O–H groups in total. The van der Waals surface area contributed by atoms with E-state index < -0.39 is 5.56 Å². The summed E-state index contributed by atoms with van der Waals surface area (Å²) in [6, 6.07) is 18.3. The normalized spacial score (nSPS) is 13.4. The molecule has 4 heterocycles. The quantitative estimate of drug-likeness (QED) is 0.308. The number of pyridine rings is 1. The third-order valence-corrected chi connectivity index (χ3v) is 7.52. The van der Waals surface area contributed by atoms with Crippen LogP contribution in [-0.4, -0.2) is 61.7 Å². The third kappa shape index (κ3) is 5.31. The van der Waals surface area contributed by atoms with Crippen molar-refractivity contribution in [1.29, 1.82) is 0 Å². The van der Waals surface area contributed by atoms with E-state index >= 15 is 0 Å². The van der Waals surface area contributed by atoms with Crippen molar-refractivity contribution in [3.63, 3.8) is 0 Å². The van der Waals surface area contributed by atoms with Gasteiger partial charge >= 0.3 is 0 Å². The smallest absolute Gasteiger partial charge is 0.282 e. The van der Waals surface area contributed by atoms with Gasteiger partial charge in [-0.1, -0.05) is 35.3 Å². The van der Waals surface area contributed by atoms with Crippen molar-refractivity contribution in [2.24, 2.45) is 0 Å². The van der Waals surface area contributed by atoms with Gasteiger partial charge in [0.2, 0.25) is 11.9 Å². The summed E-state index contributed by atoms with van der Waals surface area (Å²) in [6.07, 6.45) is 3.11. The SMILES string of the molecule is CC(=O)N1CCN(c2ccc(Nc3ncc4c(=O)n(-c5c(Cl)cccc5Cl)nc(-c5ccccn5)c4n3)cc2)CC1. The molecule has 10 nitrogen and oxygen atoms in total. The molecule has 0 bridgehead atoms. The zero-order chi connectivity index (χ0) is 28.5. The van der Waals surface area contributed by atoms with E-state index in [-0.39, 0.29) is 27.0 Å². The van der Waals surface area contributed by atoms with E-state index in [0.717, 1.165) is 24.5 Å². The van der Waals surface area contributed by atoms with Gasteiger partial charge < -0.3 is 15.1 Å². The van der Waals surface area contributed by atoms with Gasteiger partial charge in [-0.25, -0.2) is 9.97 Å². The van der Waals surface area contributed by atoms with E-state index in [2.05, 4.69) is 30.3 Å². The Kier molecular flexibility index (Phi) is 7.25. The van der Waals surface area contributed by atoms with Crippen molar-refractivity contribution >= 4 is 57.3 Å². The van der Waals surface area contributed by atoms with Crippen LogP contribution in [0.25, 0.3) is 28.0 Å². The fourth-order valence-corrected chi connectivity index (χ4v) is 5.33. The van der Waals surface area contributed by atoms with E-state index in [0.29, 0.717) is 35.9 Å². The van der Waals surface area contributed by atoms with Crippen molar-refractivity contribution in [3.8, 4) is 17.1 Å². The van der Waals surface area contributed by atoms with Crippen molar-refractivity contribution in [2.75, 3.05) is 36.4 Å². The lowest BCUT2D eigenvalue weighted by atomic mass is 10.2. The molecule has 12 heteroatoms. The molecule has 5 aromatic rings. The number of carbonyl (C=O) groups is 1. The number of nitrogens with one attached hydrogen (secondary N) is 1. The molecule has 0 spiro atoms. The number of hydrogen-bond donors (Lipinski definition) is 1. The third-order valence-electron chi connectivity index (χ3n) is 6.91. The molecule has 2 aromatic carbocycles. The minimum atomic E-state index is -0.463. The Morgan fingerprint density at radius 2 is 1.63 bits per heavy atom. The molecule has 0 atom stereocenters. The van der Waals surface area contributed by atoms with Gasteiger partial charge in [0, 0.05) is 56.9 Å². The summed E-state index contributed by atoms with van der Waals surface area (Å²) in [5.74, 6) is 0.403. The molecule has 0 unspecified atom stereocenters. The average molecular weight is 587 g/mol. The highest BCUT2D eigenvalue weighted by molar-refractivity contribution is 6.37. The van der Waals surface area contributed by atoms with Crippen LogP contribution < -0.4 is 15.8 Å². The first-order valence-electron chi connectivity index (χ1n) is 12.9. The molecule has 3 aromatic heterocycles. The van der Waals surface area contributed by atoms with Crippen LogP contribution in [0.5, 0.6) is 0 Å². The molecule has 1 aliphatic rings. The van der Waals surface area contributed by atoms with Gasteiger partial charge in [-0.15, -0.1) is 0 Å². The number of nitrogens with zero attached hydrogens (tertiary/aromatic N) is 7. The maximum Gasteiger partial charge on any atom is 0.282 e. The van der Waals surface area contributed by atoms with Gasteiger partial charge in [0.15, 0.2) is 0 Å². The molecular weight excluding hydrogens is 563 g/mol. The highest BCUT2D eigenvalue weighted by Crippen LogP contribution is 2.30. The van der Waals surface area contributed by atoms with Crippen LogP contribution in [0.1, 0.15) is 6.92 Å². The summed E-state index contributed by atoms with van der Waals surface area (Å²) in [5, 5.41) is 8.63. The molecular formula is C29H24Cl2N8O2. The van der Waals surface area contributed by atoms with Crippen molar-refractivity contribution in [3.05, 3.63) is 93.5 Å². The summed E-state index contributed by atoms with van der Waals surface area (Å²) in [4.78, 5) is 42.8. The van der Waals surface area contributed by atoms with Gasteiger partial charge in [0.05, 0.1) is 21.1 Å². The molecule has 6 rings (SSSR count). The van der Waals surface area contributed by atoms with Crippen LogP contribution in [0.15, 0.2) is 77.9 Å². The van der Waals surface area contributed by atoms with E-state index in [1.165, 1.54) is 10.9 Å². The minimum absolute atomic E-state index is 0.104. The Bertz CT molecular complexity index is 1780. The zero-order valence-corrected chi connectivity index (χ0v) is 23.5. The van der Waals surface area contributed by atoms with E-state index in [1.54, 1.807) is 43.5 Å². The first kappa shape index (κ1) is 26.7. The predicted molar refractivity (Wildman–Crippen MR) is 160 cm³/mol. The molecule has 0 radical (unpaired) electrons. The van der Waals surface area contributed by atoms with E-state index in [1.807, 2.05) is 35.2 Å². The van der Waals surface area contributed by atoms with Crippen molar-refractivity contribution < 1.29 is 4.79 Å². The maximum absolute atomic E-state index is 13.6. The van der Waals surface area contributed by atoms with Crippen molar-refractivity contribution in [2.45, 2.75) is 6.92 Å². The minimum Gasteiger partial charge on any atom is -0.368 e. The Morgan fingerprint density at radius 3 is 2.29 bits per heavy atom. The molecule has 1 fully saturated rings. The first-order chi connectivity index (χ1) is 19.9. The number of hydrogen-bond acceptors (Lipinski definition) is 8. The number of benzene rings is 2. The number of para-hydroxylation sites is 1. The Labute approximate surface area is 245 Å². The second kappa shape index (κ2) is 11.1. The maximum atomic E-state index is 13.6. The lowest BCUT2D eigenvalue weighted by Gasteiger charge is -2.35. The number of fused-ring (bicyclic) bond motifs is 1. The highest BCUT2D eigenvalue weighted by Gasteiger charge is 2.21. The fourth-order valence-electron chi connectivity index (χ4n) is 4.77. The van der Waals surface area contributed by atoms with E-state index in [4.69, 9.17) is 23.2 Å². The summed E-state index contributed by atoms with van der Waals surface area (Å²) in [7, 11) is 0. The number of halogens is 2. The molecule has 0 aliphatic carbocycles. The van der Waals surface area contributed by atoms with Crippen LogP contribution in [-0.2, 0) is 4.79 Å². The second-order valence-electron chi connectivity index (χ2n) is 9.47. The summed E-state index contributed by atoms with van der Waals surface area (Å²) < 4.78 is 1.17. The predicted octanol–water partition coefficient (Wildman–Crippen LogP) is 4.96. The fraction of sp³-hybridized carbons (Fsp3) is 0.172. The lowest BCUT2D eigenvalue weighted by molar-refractivity contribution is -0.129. The van der Waals surface area contributed by atoms with Gasteiger partial charge in [-0.05, 0) is 48.5 Å². The first-order valence-corrected chi connectivity index (χ1v) is 13.7. The molecule has 1 aliphatic heterocycles. The number of aromatic nitrogens is 5. The Balaban J connectivity index is 1.35. The van der Waals surface area contributed by atoms with Crippen LogP contribution in [0.2, 0.25) is 10.0 Å². The second-order valence-corrected chi connectivity index (χ2v) is 10.3. The summed E-state index contributed by atoms with van der Waals surface area (Å²) in [6.45, 7) is 4.57. The van der Waals surface area contributed by atoms with Crippen LogP contribution in [0.4, 0.5) is 17.3 Å². The Morgan fingerprint density at radius 1 is 0.902 bits per heavy atom. The monoisotopic (exact) mass is 586 g/mol. The van der Waals surface area contributed by atoms with E-state index in [9.17, 15) is 9.59 Å². The van der Waals surface area contributed by atoms with Gasteiger partial charge in [0.25, 0.3) is 5.56 Å². The number of rotatable bonds is 5. The van der Waals surface area contributed by atoms with Crippen molar-refractivity contribution in [1.82, 2.24) is 29.6 Å². The van der Waals surface area contributed by atoms with Gasteiger partial charge in [-0.3, -0.25) is 14.6 Å². The summed E-state index contributed by atoms with van der Waals surface area (Å²) in [5.41, 5.74) is 2.89. The van der Waals surface area contributed by atoms with Crippen LogP contribution >= 0.6 is 23.2 Å². The number of carbonyl (C=O) groups excluding carboxylic acids is 1. The standard InChI is InChI=1S/C29H24Cl2N8O2/c1-18(40)37-13-15-38(16-14-37)20-10-8-19(9-11-20)34-29-33-17-21-25(35-29)26(24-7-2-3-12-32-24)36-39(28(21)41)27-22(30)5-4-6-23(27)31/h2-12,17H,13-16H2,1H3,(H,33,34,35). The number of anilines is 3. The molecule has 0 saturated carbocycles. The van der Waals surface area contributed by atoms with Gasteiger partial charge in [0.1, 0.15) is 16.9 Å². The van der Waals surface area contributed by atoms with Crippen LogP contribution in [0, 0.1) is 0 Å². The largest absolute Gasteiger partial charge is 0.368 e. The Hall–Kier alpha value is -4.54. The number of amides is 1. The van der Waals surface area contributed by atoms with Gasteiger partial charge in [-0.2, -0.15) is 9.78 Å². The molecule has 1 saturated heterocycles. The highest BCUT2D eigenvalue weighted by atomic mass is 35.5. The number of piperazine rings is 1. The molecule has 41 heavy (non-hydrogen) atoms. The molecule has 206 valence electrons. The summed E-state index contributed by atoms with van der Waals surface area (Å²) >= 11 is 12.8. The topological polar surface area (TPSA) is 109 Å².